The Morgan fingerprint density at radius 2 is 1.73 bits per heavy atom. The van der Waals surface area contributed by atoms with Gasteiger partial charge in [-0.3, -0.25) is 14.4 Å². The topological polar surface area (TPSA) is 63.7 Å². The highest BCUT2D eigenvalue weighted by molar-refractivity contribution is 6.06. The third-order valence-electron chi connectivity index (χ3n) is 6.04. The monoisotopic (exact) mass is 415 g/mol. The van der Waals surface area contributed by atoms with Gasteiger partial charge in [0.25, 0.3) is 0 Å². The van der Waals surface area contributed by atoms with Crippen LogP contribution in [0.15, 0.2) is 42.5 Å². The van der Waals surface area contributed by atoms with E-state index in [9.17, 15) is 23.2 Å². The van der Waals surface area contributed by atoms with Gasteiger partial charge in [0, 0.05) is 37.1 Å². The van der Waals surface area contributed by atoms with Crippen molar-refractivity contribution < 1.29 is 27.9 Å². The van der Waals surface area contributed by atoms with Gasteiger partial charge in [-0.2, -0.15) is 0 Å². The normalized spacial score (nSPS) is 21.7. The Labute approximate surface area is 173 Å². The molecule has 2 aromatic rings. The lowest BCUT2D eigenvalue weighted by atomic mass is 9.84. The number of carbonyl (C=O) groups excluding carboxylic acids is 3. The second-order valence-corrected chi connectivity index (χ2v) is 8.11. The van der Waals surface area contributed by atoms with Gasteiger partial charge >= 0.3 is 5.97 Å². The van der Waals surface area contributed by atoms with Crippen LogP contribution in [0.25, 0.3) is 10.8 Å². The standard InChI is InChI=1S/C23H23F2NO4/c24-23(25)10-8-16(9-11-23)20(27)14-30-22(29)17-12-21(28)26(13-17)19-7-3-5-15-4-1-2-6-18(15)19/h1-7,16-17H,8-14H2. The second-order valence-electron chi connectivity index (χ2n) is 8.11. The molecule has 0 aromatic heterocycles. The second kappa shape index (κ2) is 8.13. The van der Waals surface area contributed by atoms with Crippen LogP contribution in [0.2, 0.25) is 0 Å². The summed E-state index contributed by atoms with van der Waals surface area (Å²) in [5.41, 5.74) is 0.743. The smallest absolute Gasteiger partial charge is 0.311 e. The van der Waals surface area contributed by atoms with Crippen molar-refractivity contribution in [1.29, 1.82) is 0 Å². The van der Waals surface area contributed by atoms with Crippen LogP contribution in [-0.2, 0) is 19.1 Å². The molecule has 1 aliphatic carbocycles. The van der Waals surface area contributed by atoms with Gasteiger partial charge in [0.15, 0.2) is 5.78 Å². The fraction of sp³-hybridized carbons (Fsp3) is 0.435. The highest BCUT2D eigenvalue weighted by Gasteiger charge is 2.39. The zero-order valence-electron chi connectivity index (χ0n) is 16.5. The number of hydrogen-bond acceptors (Lipinski definition) is 4. The molecule has 2 fully saturated rings. The lowest BCUT2D eigenvalue weighted by Gasteiger charge is -2.27. The average Bonchev–Trinajstić information content (AvgIpc) is 3.13. The van der Waals surface area contributed by atoms with Gasteiger partial charge in [-0.05, 0) is 24.3 Å². The molecule has 30 heavy (non-hydrogen) atoms. The SMILES string of the molecule is O=C(COC(=O)C1CC(=O)N(c2cccc3ccccc23)C1)C1CCC(F)(F)CC1. The lowest BCUT2D eigenvalue weighted by Crippen LogP contribution is -2.32. The van der Waals surface area contributed by atoms with Crippen molar-refractivity contribution in [2.24, 2.45) is 11.8 Å². The fourth-order valence-electron chi connectivity index (χ4n) is 4.28. The highest BCUT2D eigenvalue weighted by atomic mass is 19.3. The van der Waals surface area contributed by atoms with Crippen molar-refractivity contribution in [3.8, 4) is 0 Å². The third-order valence-corrected chi connectivity index (χ3v) is 6.04. The number of alkyl halides is 2. The predicted octanol–water partition coefficient (Wildman–Crippen LogP) is 4.13. The number of carbonyl (C=O) groups is 3. The molecule has 0 spiro atoms. The first-order chi connectivity index (χ1) is 14.3. The molecule has 0 bridgehead atoms. The van der Waals surface area contributed by atoms with Crippen LogP contribution in [0.4, 0.5) is 14.5 Å². The largest absolute Gasteiger partial charge is 0.457 e. The van der Waals surface area contributed by atoms with Crippen LogP contribution in [-0.4, -0.2) is 36.7 Å². The number of Topliss-reactive ketones (excluding diaryl/α,β-unsaturated/α-hetero) is 1. The molecular formula is C23H23F2NO4. The van der Waals surface area contributed by atoms with Gasteiger partial charge in [0.2, 0.25) is 11.8 Å². The summed E-state index contributed by atoms with van der Waals surface area (Å²) in [6.07, 6.45) is -0.380. The van der Waals surface area contributed by atoms with Crippen molar-refractivity contribution in [1.82, 2.24) is 0 Å². The van der Waals surface area contributed by atoms with E-state index in [1.165, 1.54) is 0 Å². The molecule has 1 saturated carbocycles. The zero-order chi connectivity index (χ0) is 21.3. The molecule has 4 rings (SSSR count). The van der Waals surface area contributed by atoms with Gasteiger partial charge in [-0.25, -0.2) is 8.78 Å². The Morgan fingerprint density at radius 1 is 1.03 bits per heavy atom. The molecule has 2 aromatic carbocycles. The Morgan fingerprint density at radius 3 is 2.50 bits per heavy atom. The first kappa shape index (κ1) is 20.4. The van der Waals surface area contributed by atoms with Gasteiger partial charge in [0.1, 0.15) is 6.61 Å². The van der Waals surface area contributed by atoms with E-state index in [2.05, 4.69) is 0 Å². The molecule has 1 saturated heterocycles. The van der Waals surface area contributed by atoms with Crippen molar-refractivity contribution >= 4 is 34.1 Å². The van der Waals surface area contributed by atoms with Crippen molar-refractivity contribution in [2.45, 2.75) is 38.0 Å². The first-order valence-electron chi connectivity index (χ1n) is 10.2. The minimum atomic E-state index is -2.71. The van der Waals surface area contributed by atoms with E-state index in [0.717, 1.165) is 16.5 Å². The Hall–Kier alpha value is -2.83. The fourth-order valence-corrected chi connectivity index (χ4v) is 4.28. The molecule has 1 unspecified atom stereocenters. The number of hydrogen-bond donors (Lipinski definition) is 0. The van der Waals surface area contributed by atoms with Gasteiger partial charge < -0.3 is 9.64 Å². The van der Waals surface area contributed by atoms with E-state index in [-0.39, 0.29) is 50.3 Å². The number of anilines is 1. The molecule has 0 radical (unpaired) electrons. The average molecular weight is 415 g/mol. The van der Waals surface area contributed by atoms with E-state index in [1.807, 2.05) is 42.5 Å². The van der Waals surface area contributed by atoms with Crippen molar-refractivity contribution in [2.75, 3.05) is 18.1 Å². The number of halogens is 2. The maximum absolute atomic E-state index is 13.2. The summed E-state index contributed by atoms with van der Waals surface area (Å²) in [6.45, 7) is -0.233. The lowest BCUT2D eigenvalue weighted by molar-refractivity contribution is -0.153. The van der Waals surface area contributed by atoms with Crippen LogP contribution in [0.1, 0.15) is 32.1 Å². The minimum Gasteiger partial charge on any atom is -0.457 e. The number of rotatable bonds is 5. The summed E-state index contributed by atoms with van der Waals surface area (Å²) in [4.78, 5) is 38.8. The van der Waals surface area contributed by atoms with Gasteiger partial charge in [0.05, 0.1) is 11.6 Å². The summed E-state index contributed by atoms with van der Waals surface area (Å²) < 4.78 is 31.6. The van der Waals surface area contributed by atoms with Crippen molar-refractivity contribution in [3.63, 3.8) is 0 Å². The van der Waals surface area contributed by atoms with E-state index in [0.29, 0.717) is 0 Å². The maximum Gasteiger partial charge on any atom is 0.311 e. The minimum absolute atomic E-state index is 0.0197. The third kappa shape index (κ3) is 4.20. The summed E-state index contributed by atoms with van der Waals surface area (Å²) in [5.74, 6) is -4.94. The molecule has 5 nitrogen and oxygen atoms in total. The number of nitrogens with zero attached hydrogens (tertiary/aromatic N) is 1. The molecule has 1 atom stereocenters. The summed E-state index contributed by atoms with van der Waals surface area (Å²) in [6, 6.07) is 13.4. The number of amides is 1. The van der Waals surface area contributed by atoms with Crippen molar-refractivity contribution in [3.05, 3.63) is 42.5 Å². The van der Waals surface area contributed by atoms with Crippen LogP contribution in [0.5, 0.6) is 0 Å². The van der Waals surface area contributed by atoms with Crippen LogP contribution < -0.4 is 4.90 Å². The summed E-state index contributed by atoms with van der Waals surface area (Å²) >= 11 is 0. The number of esters is 1. The summed E-state index contributed by atoms with van der Waals surface area (Å²) in [7, 11) is 0. The molecule has 1 heterocycles. The van der Waals surface area contributed by atoms with E-state index >= 15 is 0 Å². The maximum atomic E-state index is 13.2. The number of ketones is 1. The molecule has 2 aliphatic rings. The number of fused-ring (bicyclic) bond motifs is 1. The molecule has 7 heteroatoms. The van der Waals surface area contributed by atoms with E-state index in [1.54, 1.807) is 4.90 Å². The van der Waals surface area contributed by atoms with Gasteiger partial charge in [-0.1, -0.05) is 36.4 Å². The molecule has 0 N–H and O–H groups in total. The Balaban J connectivity index is 1.36. The highest BCUT2D eigenvalue weighted by Crippen LogP contribution is 2.36. The van der Waals surface area contributed by atoms with E-state index in [4.69, 9.17) is 4.74 Å². The number of benzene rings is 2. The first-order valence-corrected chi connectivity index (χ1v) is 10.2. The predicted molar refractivity (Wildman–Crippen MR) is 107 cm³/mol. The van der Waals surface area contributed by atoms with Gasteiger partial charge in [-0.15, -0.1) is 0 Å². The van der Waals surface area contributed by atoms with Crippen LogP contribution >= 0.6 is 0 Å². The molecular weight excluding hydrogens is 392 g/mol. The zero-order valence-corrected chi connectivity index (χ0v) is 16.5. The van der Waals surface area contributed by atoms with Crippen LogP contribution in [0, 0.1) is 11.8 Å². The van der Waals surface area contributed by atoms with Crippen LogP contribution in [0.3, 0.4) is 0 Å². The Bertz CT molecular complexity index is 975. The molecule has 1 amide bonds. The molecule has 1 aliphatic heterocycles. The summed E-state index contributed by atoms with van der Waals surface area (Å²) in [5, 5.41) is 1.92. The molecule has 158 valence electrons. The number of ether oxygens (including phenoxy) is 1. The van der Waals surface area contributed by atoms with E-state index < -0.39 is 30.3 Å². The quantitative estimate of drug-likeness (QED) is 0.689. The Kier molecular flexibility index (Phi) is 5.54.